The minimum Gasteiger partial charge on any atom is -0.399 e. The van der Waals surface area contributed by atoms with Gasteiger partial charge in [0.05, 0.1) is 16.7 Å². The summed E-state index contributed by atoms with van der Waals surface area (Å²) in [5.41, 5.74) is 5.90. The average molecular weight is 341 g/mol. The fourth-order valence-electron chi connectivity index (χ4n) is 1.71. The van der Waals surface area contributed by atoms with Gasteiger partial charge in [0.2, 0.25) is 10.0 Å². The van der Waals surface area contributed by atoms with E-state index in [2.05, 4.69) is 0 Å². The van der Waals surface area contributed by atoms with Crippen molar-refractivity contribution in [3.05, 3.63) is 22.2 Å². The Balaban J connectivity index is 3.14. The molecule has 20 heavy (non-hydrogen) atoms. The number of likely N-dealkylation sites (N-methyl/N-ethyl adjacent to an activating group) is 1. The number of benzene rings is 1. The average Bonchev–Trinajstić information content (AvgIpc) is 2.32. The Morgan fingerprint density at radius 2 is 1.80 bits per heavy atom. The van der Waals surface area contributed by atoms with Gasteiger partial charge in [0, 0.05) is 25.4 Å². The topological polar surface area (TPSA) is 72.6 Å². The maximum atomic E-state index is 12.6. The highest BCUT2D eigenvalue weighted by Gasteiger charge is 2.28. The molecule has 0 aliphatic rings. The molecule has 5 nitrogen and oxygen atoms in total. The van der Waals surface area contributed by atoms with Crippen LogP contribution in [0.15, 0.2) is 17.0 Å². The smallest absolute Gasteiger partial charge is 0.246 e. The highest BCUT2D eigenvalue weighted by Crippen LogP contribution is 2.33. The molecule has 0 radical (unpaired) electrons. The lowest BCUT2D eigenvalue weighted by molar-refractivity contribution is 0.135. The molecule has 0 heterocycles. The van der Waals surface area contributed by atoms with Gasteiger partial charge in [-0.05, 0) is 19.1 Å². The lowest BCUT2D eigenvalue weighted by atomic mass is 10.3. The molecule has 0 atom stereocenters. The molecule has 0 aliphatic carbocycles. The van der Waals surface area contributed by atoms with E-state index >= 15 is 0 Å². The Hall–Kier alpha value is -0.530. The molecule has 114 valence electrons. The van der Waals surface area contributed by atoms with E-state index in [0.717, 1.165) is 0 Å². The third-order valence-corrected chi connectivity index (χ3v) is 5.56. The van der Waals surface area contributed by atoms with E-state index in [4.69, 9.17) is 33.7 Å². The summed E-state index contributed by atoms with van der Waals surface area (Å²) in [5, 5.41) is 0.0368. The predicted molar refractivity (Wildman–Crippen MR) is 81.8 cm³/mol. The lowest BCUT2D eigenvalue weighted by Gasteiger charge is -2.21. The molecular formula is C12H18Cl2N2O3S. The van der Waals surface area contributed by atoms with E-state index in [1.807, 2.05) is 6.92 Å². The first-order valence-corrected chi connectivity index (χ1v) is 8.36. The first kappa shape index (κ1) is 17.5. The number of ether oxygens (including phenoxy) is 1. The molecule has 0 aliphatic heterocycles. The Labute approximate surface area is 129 Å². The molecule has 8 heteroatoms. The molecule has 0 saturated heterocycles. The third kappa shape index (κ3) is 3.99. The van der Waals surface area contributed by atoms with Gasteiger partial charge in [-0.25, -0.2) is 8.42 Å². The second-order valence-corrected chi connectivity index (χ2v) is 6.70. The van der Waals surface area contributed by atoms with Crippen molar-refractivity contribution in [3.8, 4) is 0 Å². The van der Waals surface area contributed by atoms with Crippen molar-refractivity contribution < 1.29 is 13.2 Å². The van der Waals surface area contributed by atoms with Gasteiger partial charge in [0.15, 0.2) is 0 Å². The normalized spacial score (nSPS) is 12.1. The van der Waals surface area contributed by atoms with Crippen LogP contribution in [0.5, 0.6) is 0 Å². The van der Waals surface area contributed by atoms with Crippen LogP contribution in [0, 0.1) is 0 Å². The largest absolute Gasteiger partial charge is 0.399 e. The Bertz CT molecular complexity index is 541. The van der Waals surface area contributed by atoms with Crippen molar-refractivity contribution in [1.29, 1.82) is 0 Å². The molecule has 0 aromatic heterocycles. The third-order valence-electron chi connectivity index (χ3n) is 2.66. The van der Waals surface area contributed by atoms with Gasteiger partial charge in [-0.2, -0.15) is 4.31 Å². The van der Waals surface area contributed by atoms with Crippen LogP contribution in [0.2, 0.25) is 10.0 Å². The molecule has 1 rings (SSSR count). The van der Waals surface area contributed by atoms with E-state index in [0.29, 0.717) is 25.4 Å². The number of nitrogen functional groups attached to an aromatic ring is 1. The van der Waals surface area contributed by atoms with Crippen LogP contribution in [0.3, 0.4) is 0 Å². The van der Waals surface area contributed by atoms with Crippen LogP contribution in [-0.2, 0) is 14.8 Å². The van der Waals surface area contributed by atoms with E-state index in [1.54, 1.807) is 6.92 Å². The highest BCUT2D eigenvalue weighted by atomic mass is 35.5. The van der Waals surface area contributed by atoms with Crippen molar-refractivity contribution in [2.45, 2.75) is 18.7 Å². The fourth-order valence-corrected chi connectivity index (χ4v) is 4.33. The minimum absolute atomic E-state index is 0.0184. The second kappa shape index (κ2) is 7.47. The van der Waals surface area contributed by atoms with E-state index < -0.39 is 10.0 Å². The summed E-state index contributed by atoms with van der Waals surface area (Å²) in [6.45, 7) is 4.96. The van der Waals surface area contributed by atoms with E-state index in [9.17, 15) is 8.42 Å². The number of hydrogen-bond donors (Lipinski definition) is 1. The first-order chi connectivity index (χ1) is 9.34. The molecular weight excluding hydrogens is 323 g/mol. The summed E-state index contributed by atoms with van der Waals surface area (Å²) < 4.78 is 31.6. The fraction of sp³-hybridized carbons (Fsp3) is 0.500. The zero-order valence-corrected chi connectivity index (χ0v) is 13.7. The second-order valence-electron chi connectivity index (χ2n) is 4.01. The maximum Gasteiger partial charge on any atom is 0.246 e. The van der Waals surface area contributed by atoms with Crippen LogP contribution in [0.1, 0.15) is 13.8 Å². The Morgan fingerprint density at radius 1 is 1.25 bits per heavy atom. The number of hydrogen-bond acceptors (Lipinski definition) is 4. The van der Waals surface area contributed by atoms with Crippen molar-refractivity contribution in [1.82, 2.24) is 4.31 Å². The lowest BCUT2D eigenvalue weighted by Crippen LogP contribution is -2.34. The Kier molecular flexibility index (Phi) is 6.54. The Morgan fingerprint density at radius 3 is 2.25 bits per heavy atom. The molecule has 2 N–H and O–H groups in total. The zero-order chi connectivity index (χ0) is 15.3. The molecule has 0 amide bonds. The zero-order valence-electron chi connectivity index (χ0n) is 11.4. The van der Waals surface area contributed by atoms with E-state index in [1.165, 1.54) is 16.4 Å². The monoisotopic (exact) mass is 340 g/mol. The van der Waals surface area contributed by atoms with Crippen LogP contribution in [-0.4, -0.2) is 39.0 Å². The molecule has 0 saturated carbocycles. The van der Waals surface area contributed by atoms with Gasteiger partial charge in [0.1, 0.15) is 4.90 Å². The summed E-state index contributed by atoms with van der Waals surface area (Å²) >= 11 is 12.0. The van der Waals surface area contributed by atoms with Crippen molar-refractivity contribution in [3.63, 3.8) is 0 Å². The van der Waals surface area contributed by atoms with Gasteiger partial charge in [-0.15, -0.1) is 0 Å². The van der Waals surface area contributed by atoms with Gasteiger partial charge in [0.25, 0.3) is 0 Å². The number of anilines is 1. The number of sulfonamides is 1. The van der Waals surface area contributed by atoms with Gasteiger partial charge in [-0.3, -0.25) is 0 Å². The summed E-state index contributed by atoms with van der Waals surface area (Å²) in [7, 11) is -3.78. The minimum atomic E-state index is -3.78. The predicted octanol–water partition coefficient (Wildman–Crippen LogP) is 2.62. The van der Waals surface area contributed by atoms with Crippen LogP contribution in [0.25, 0.3) is 0 Å². The van der Waals surface area contributed by atoms with Crippen molar-refractivity contribution >= 4 is 38.9 Å². The summed E-state index contributed by atoms with van der Waals surface area (Å²) in [5.74, 6) is 0. The molecule has 0 bridgehead atoms. The summed E-state index contributed by atoms with van der Waals surface area (Å²) in [6.07, 6.45) is 0. The van der Waals surface area contributed by atoms with Crippen LogP contribution < -0.4 is 5.73 Å². The number of nitrogens with zero attached hydrogens (tertiary/aromatic N) is 1. The molecule has 0 spiro atoms. The van der Waals surface area contributed by atoms with Gasteiger partial charge < -0.3 is 10.5 Å². The molecule has 0 fully saturated rings. The van der Waals surface area contributed by atoms with Gasteiger partial charge >= 0.3 is 0 Å². The number of nitrogens with two attached hydrogens (primary N) is 1. The highest BCUT2D eigenvalue weighted by molar-refractivity contribution is 7.89. The SMILES string of the molecule is CCOCCN(CC)S(=O)(=O)c1c(Cl)cc(N)cc1Cl. The van der Waals surface area contributed by atoms with E-state index in [-0.39, 0.29) is 21.5 Å². The molecule has 0 unspecified atom stereocenters. The number of halogens is 2. The first-order valence-electron chi connectivity index (χ1n) is 6.17. The molecule has 1 aromatic carbocycles. The van der Waals surface area contributed by atoms with Crippen molar-refractivity contribution in [2.75, 3.05) is 32.0 Å². The summed E-state index contributed by atoms with van der Waals surface area (Å²) in [4.78, 5) is -0.117. The molecule has 1 aromatic rings. The summed E-state index contributed by atoms with van der Waals surface area (Å²) in [6, 6.07) is 2.74. The van der Waals surface area contributed by atoms with Crippen molar-refractivity contribution in [2.24, 2.45) is 0 Å². The quantitative estimate of drug-likeness (QED) is 0.611. The maximum absolute atomic E-state index is 12.6. The van der Waals surface area contributed by atoms with Gasteiger partial charge in [-0.1, -0.05) is 30.1 Å². The number of rotatable bonds is 7. The van der Waals surface area contributed by atoms with Crippen LogP contribution in [0.4, 0.5) is 5.69 Å². The van der Waals surface area contributed by atoms with Crippen LogP contribution >= 0.6 is 23.2 Å². The standard InChI is InChI=1S/C12H18Cl2N2O3S/c1-3-16(5-6-19-4-2)20(17,18)12-10(13)7-9(15)8-11(12)14/h7-8H,3-6,15H2,1-2H3.